The summed E-state index contributed by atoms with van der Waals surface area (Å²) in [5.74, 6) is 2.51. The molecule has 0 unspecified atom stereocenters. The van der Waals surface area contributed by atoms with Gasteiger partial charge in [-0.2, -0.15) is 11.8 Å². The zero-order chi connectivity index (χ0) is 10.2. The Hall–Kier alpha value is 0.490. The molecular formula is C10H16BrNS2. The third-order valence-electron chi connectivity index (χ3n) is 1.77. The van der Waals surface area contributed by atoms with Gasteiger partial charge in [-0.15, -0.1) is 11.3 Å². The van der Waals surface area contributed by atoms with Gasteiger partial charge in [0.1, 0.15) is 0 Å². The van der Waals surface area contributed by atoms with Crippen molar-refractivity contribution in [3.05, 3.63) is 20.8 Å². The monoisotopic (exact) mass is 293 g/mol. The lowest BCUT2D eigenvalue weighted by Crippen LogP contribution is -2.14. The van der Waals surface area contributed by atoms with Crippen LogP contribution >= 0.6 is 39.0 Å². The molecule has 0 aliphatic heterocycles. The van der Waals surface area contributed by atoms with E-state index in [-0.39, 0.29) is 0 Å². The highest BCUT2D eigenvalue weighted by atomic mass is 79.9. The minimum Gasteiger partial charge on any atom is -0.312 e. The number of thioether (sulfide) groups is 1. The van der Waals surface area contributed by atoms with Crippen LogP contribution in [0.2, 0.25) is 0 Å². The Morgan fingerprint density at radius 3 is 3.00 bits per heavy atom. The highest BCUT2D eigenvalue weighted by molar-refractivity contribution is 9.11. The van der Waals surface area contributed by atoms with Gasteiger partial charge in [0.05, 0.1) is 3.79 Å². The zero-order valence-electron chi connectivity index (χ0n) is 8.38. The van der Waals surface area contributed by atoms with Gasteiger partial charge in [-0.25, -0.2) is 0 Å². The van der Waals surface area contributed by atoms with E-state index in [0.717, 1.165) is 13.1 Å². The molecule has 0 spiro atoms. The molecular weight excluding hydrogens is 278 g/mol. The van der Waals surface area contributed by atoms with Gasteiger partial charge in [-0.1, -0.05) is 6.92 Å². The molecule has 1 rings (SSSR count). The lowest BCUT2D eigenvalue weighted by molar-refractivity contribution is 0.685. The van der Waals surface area contributed by atoms with E-state index in [0.29, 0.717) is 0 Å². The van der Waals surface area contributed by atoms with E-state index in [1.54, 1.807) is 11.3 Å². The molecule has 1 heterocycles. The van der Waals surface area contributed by atoms with Crippen LogP contribution in [0.4, 0.5) is 0 Å². The zero-order valence-corrected chi connectivity index (χ0v) is 11.6. The maximum Gasteiger partial charge on any atom is 0.0701 e. The number of thiophene rings is 1. The topological polar surface area (TPSA) is 12.0 Å². The fraction of sp³-hybridized carbons (Fsp3) is 0.600. The van der Waals surface area contributed by atoms with Gasteiger partial charge in [0.15, 0.2) is 0 Å². The third kappa shape index (κ3) is 5.39. The van der Waals surface area contributed by atoms with Gasteiger partial charge >= 0.3 is 0 Å². The van der Waals surface area contributed by atoms with Crippen molar-refractivity contribution in [2.45, 2.75) is 19.9 Å². The molecule has 0 saturated carbocycles. The molecule has 14 heavy (non-hydrogen) atoms. The Labute approximate surface area is 103 Å². The van der Waals surface area contributed by atoms with Crippen molar-refractivity contribution in [3.8, 4) is 0 Å². The van der Waals surface area contributed by atoms with Crippen LogP contribution in [0.1, 0.15) is 18.2 Å². The van der Waals surface area contributed by atoms with E-state index in [1.807, 2.05) is 11.8 Å². The van der Waals surface area contributed by atoms with Crippen molar-refractivity contribution in [2.24, 2.45) is 0 Å². The van der Waals surface area contributed by atoms with E-state index in [2.05, 4.69) is 40.3 Å². The van der Waals surface area contributed by atoms with Gasteiger partial charge in [0.25, 0.3) is 0 Å². The second-order valence-corrected chi connectivity index (χ2v) is 6.87. The smallest absolute Gasteiger partial charge is 0.0701 e. The minimum atomic E-state index is 1.01. The molecule has 0 saturated heterocycles. The number of rotatable bonds is 7. The molecule has 0 atom stereocenters. The minimum absolute atomic E-state index is 1.01. The maximum atomic E-state index is 3.46. The van der Waals surface area contributed by atoms with Crippen molar-refractivity contribution >= 4 is 39.0 Å². The number of hydrogen-bond acceptors (Lipinski definition) is 3. The molecule has 0 aliphatic rings. The normalized spacial score (nSPS) is 10.7. The predicted octanol–water partition coefficient (Wildman–Crippen LogP) is 3.74. The summed E-state index contributed by atoms with van der Waals surface area (Å²) in [4.78, 5) is 1.40. The van der Waals surface area contributed by atoms with Crippen molar-refractivity contribution < 1.29 is 0 Å². The van der Waals surface area contributed by atoms with Crippen molar-refractivity contribution in [3.63, 3.8) is 0 Å². The first kappa shape index (κ1) is 12.6. The Morgan fingerprint density at radius 2 is 2.36 bits per heavy atom. The maximum absolute atomic E-state index is 3.46. The molecule has 0 radical (unpaired) electrons. The van der Waals surface area contributed by atoms with E-state index in [4.69, 9.17) is 0 Å². The molecule has 0 aromatic carbocycles. The molecule has 1 nitrogen and oxygen atoms in total. The lowest BCUT2D eigenvalue weighted by Gasteiger charge is -2.01. The van der Waals surface area contributed by atoms with E-state index < -0.39 is 0 Å². The van der Waals surface area contributed by atoms with E-state index in [9.17, 15) is 0 Å². The summed E-state index contributed by atoms with van der Waals surface area (Å²) in [6.45, 7) is 4.34. The summed E-state index contributed by atoms with van der Waals surface area (Å²) in [6.07, 6.45) is 1.27. The summed E-state index contributed by atoms with van der Waals surface area (Å²) in [5.41, 5.74) is 0. The van der Waals surface area contributed by atoms with Crippen LogP contribution in [0, 0.1) is 0 Å². The molecule has 1 aromatic heterocycles. The summed E-state index contributed by atoms with van der Waals surface area (Å²) in [5, 5.41) is 3.45. The van der Waals surface area contributed by atoms with Crippen LogP contribution in [0.3, 0.4) is 0 Å². The summed E-state index contributed by atoms with van der Waals surface area (Å²) in [6, 6.07) is 4.27. The number of halogens is 1. The van der Waals surface area contributed by atoms with Gasteiger partial charge in [-0.05, 0) is 52.5 Å². The Balaban J connectivity index is 1.99. The summed E-state index contributed by atoms with van der Waals surface area (Å²) in [7, 11) is 0. The average molecular weight is 294 g/mol. The second-order valence-electron chi connectivity index (χ2n) is 2.93. The predicted molar refractivity (Wildman–Crippen MR) is 71.3 cm³/mol. The molecule has 1 N–H and O–H groups in total. The molecule has 1 aromatic rings. The molecule has 0 amide bonds. The van der Waals surface area contributed by atoms with E-state index >= 15 is 0 Å². The molecule has 0 aliphatic carbocycles. The van der Waals surface area contributed by atoms with Crippen LogP contribution in [-0.2, 0) is 6.54 Å². The fourth-order valence-electron chi connectivity index (χ4n) is 1.10. The first-order valence-corrected chi connectivity index (χ1v) is 7.62. The van der Waals surface area contributed by atoms with Crippen LogP contribution in [-0.4, -0.2) is 18.1 Å². The standard InChI is InChI=1S/C10H16BrNS2/c1-2-13-7-3-6-12-8-9-4-5-10(11)14-9/h4-5,12H,2-3,6-8H2,1H3. The quantitative estimate of drug-likeness (QED) is 0.769. The highest BCUT2D eigenvalue weighted by Gasteiger charge is 1.96. The van der Waals surface area contributed by atoms with Crippen molar-refractivity contribution in [1.82, 2.24) is 5.32 Å². The van der Waals surface area contributed by atoms with Gasteiger partial charge in [0, 0.05) is 11.4 Å². The van der Waals surface area contributed by atoms with Gasteiger partial charge in [0.2, 0.25) is 0 Å². The van der Waals surface area contributed by atoms with Crippen LogP contribution in [0.25, 0.3) is 0 Å². The average Bonchev–Trinajstić information content (AvgIpc) is 2.58. The fourth-order valence-corrected chi connectivity index (χ4v) is 3.19. The van der Waals surface area contributed by atoms with Gasteiger partial charge in [-0.3, -0.25) is 0 Å². The first-order valence-electron chi connectivity index (χ1n) is 4.85. The summed E-state index contributed by atoms with van der Waals surface area (Å²) >= 11 is 7.28. The third-order valence-corrected chi connectivity index (χ3v) is 4.38. The second kappa shape index (κ2) is 7.74. The summed E-state index contributed by atoms with van der Waals surface area (Å²) < 4.78 is 1.22. The highest BCUT2D eigenvalue weighted by Crippen LogP contribution is 2.21. The Morgan fingerprint density at radius 1 is 1.50 bits per heavy atom. The first-order chi connectivity index (χ1) is 6.83. The van der Waals surface area contributed by atoms with Crippen LogP contribution in [0.15, 0.2) is 15.9 Å². The SMILES string of the molecule is CCSCCCNCc1ccc(Br)s1. The molecule has 80 valence electrons. The molecule has 0 bridgehead atoms. The van der Waals surface area contributed by atoms with Crippen molar-refractivity contribution in [1.29, 1.82) is 0 Å². The molecule has 0 fully saturated rings. The van der Waals surface area contributed by atoms with Crippen LogP contribution in [0.5, 0.6) is 0 Å². The number of hydrogen-bond donors (Lipinski definition) is 1. The van der Waals surface area contributed by atoms with Crippen LogP contribution < -0.4 is 5.32 Å². The molecule has 4 heteroatoms. The number of nitrogens with one attached hydrogen (secondary N) is 1. The Bertz CT molecular complexity index is 250. The largest absolute Gasteiger partial charge is 0.312 e. The Kier molecular flexibility index (Phi) is 6.94. The van der Waals surface area contributed by atoms with Gasteiger partial charge < -0.3 is 5.32 Å². The van der Waals surface area contributed by atoms with Crippen molar-refractivity contribution in [2.75, 3.05) is 18.1 Å². The van der Waals surface area contributed by atoms with E-state index in [1.165, 1.54) is 26.6 Å². The lowest BCUT2D eigenvalue weighted by atomic mass is 10.4.